The molecule has 3 heterocycles. The van der Waals surface area contributed by atoms with E-state index in [1.807, 2.05) is 36.1 Å². The topological polar surface area (TPSA) is 177 Å². The molecular weight excluding hydrogens is 600 g/mol. The Bertz CT molecular complexity index is 1780. The van der Waals surface area contributed by atoms with Crippen LogP contribution >= 0.6 is 11.6 Å². The van der Waals surface area contributed by atoms with Gasteiger partial charge in [0.05, 0.1) is 67.1 Å². The highest BCUT2D eigenvalue weighted by Gasteiger charge is 2.31. The molecule has 2 unspecified atom stereocenters. The fourth-order valence-corrected chi connectivity index (χ4v) is 5.31. The van der Waals surface area contributed by atoms with Gasteiger partial charge in [0.2, 0.25) is 5.95 Å². The highest BCUT2D eigenvalue weighted by atomic mass is 35.5. The molecule has 45 heavy (non-hydrogen) atoms. The molecule has 2 aromatic carbocycles. The number of carbonyl (C=O) groups excluding carboxylic acids is 1. The van der Waals surface area contributed by atoms with E-state index in [1.165, 1.54) is 22.7 Å². The first-order valence-electron chi connectivity index (χ1n) is 14.1. The first-order valence-corrected chi connectivity index (χ1v) is 14.5. The van der Waals surface area contributed by atoms with Crippen LogP contribution in [0.5, 0.6) is 5.75 Å². The zero-order valence-corrected chi connectivity index (χ0v) is 25.6. The number of piperidine rings is 1. The Morgan fingerprint density at radius 3 is 2.60 bits per heavy atom. The summed E-state index contributed by atoms with van der Waals surface area (Å²) in [6, 6.07) is 14.6. The Hall–Kier alpha value is -5.31. The molecule has 0 bridgehead atoms. The number of likely N-dealkylation sites (tertiary alicyclic amines) is 1. The van der Waals surface area contributed by atoms with Gasteiger partial charge in [-0.2, -0.15) is 20.0 Å². The Balaban J connectivity index is 1.47. The molecule has 1 saturated heterocycles. The first-order chi connectivity index (χ1) is 21.8. The second-order valence-corrected chi connectivity index (χ2v) is 10.6. The predicted molar refractivity (Wildman–Crippen MR) is 167 cm³/mol. The number of ether oxygens (including phenoxy) is 2. The van der Waals surface area contributed by atoms with E-state index in [4.69, 9.17) is 26.1 Å². The summed E-state index contributed by atoms with van der Waals surface area (Å²) in [5, 5.41) is 41.3. The third-order valence-electron chi connectivity index (χ3n) is 7.48. The number of β-amino-alcohol motifs (C(OH)–C–C–N with tert-alkyl or cyclic N) is 1. The van der Waals surface area contributed by atoms with Crippen molar-refractivity contribution >= 4 is 46.5 Å². The Morgan fingerprint density at radius 1 is 1.20 bits per heavy atom. The van der Waals surface area contributed by atoms with Gasteiger partial charge < -0.3 is 35.0 Å². The third kappa shape index (κ3) is 6.62. The lowest BCUT2D eigenvalue weighted by Crippen LogP contribution is -2.51. The number of nitriles is 2. The maximum Gasteiger partial charge on any atom is 0.409 e. The fourth-order valence-electron chi connectivity index (χ4n) is 5.10. The highest BCUT2D eigenvalue weighted by Crippen LogP contribution is 2.35. The summed E-state index contributed by atoms with van der Waals surface area (Å²) >= 11 is 6.83. The Morgan fingerprint density at radius 2 is 1.96 bits per heavy atom. The van der Waals surface area contributed by atoms with Gasteiger partial charge in [0.15, 0.2) is 17.2 Å². The lowest BCUT2D eigenvalue weighted by atomic mass is 10.0. The number of nitrogens with one attached hydrogen (secondary N) is 2. The molecule has 0 spiro atoms. The number of benzene rings is 2. The zero-order chi connectivity index (χ0) is 32.1. The molecule has 14 nitrogen and oxygen atoms in total. The average molecular weight is 631 g/mol. The lowest BCUT2D eigenvalue weighted by Gasteiger charge is -2.36. The molecule has 0 radical (unpaired) electrons. The molecular formula is C30H31ClN10O4. The van der Waals surface area contributed by atoms with E-state index in [2.05, 4.69) is 32.9 Å². The van der Waals surface area contributed by atoms with Crippen LogP contribution in [0.3, 0.4) is 0 Å². The molecule has 5 rings (SSSR count). The van der Waals surface area contributed by atoms with Crippen molar-refractivity contribution in [3.05, 3.63) is 64.4 Å². The minimum Gasteiger partial charge on any atom is -0.497 e. The van der Waals surface area contributed by atoms with Crippen LogP contribution in [0.15, 0.2) is 42.6 Å². The normalized spacial score (nSPS) is 16.0. The fraction of sp³-hybridized carbons (Fsp3) is 0.333. The molecule has 4 aromatic rings. The van der Waals surface area contributed by atoms with E-state index < -0.39 is 18.2 Å². The summed E-state index contributed by atoms with van der Waals surface area (Å²) in [6.45, 7) is 3.51. The van der Waals surface area contributed by atoms with Gasteiger partial charge in [-0.1, -0.05) is 23.7 Å². The molecule has 1 amide bonds. The number of aromatic nitrogens is 4. The van der Waals surface area contributed by atoms with Crippen molar-refractivity contribution in [2.45, 2.75) is 32.0 Å². The number of anilines is 4. The van der Waals surface area contributed by atoms with E-state index >= 15 is 0 Å². The van der Waals surface area contributed by atoms with Crippen LogP contribution in [0.2, 0.25) is 5.02 Å². The average Bonchev–Trinajstić information content (AvgIpc) is 3.48. The van der Waals surface area contributed by atoms with Crippen molar-refractivity contribution in [3.63, 3.8) is 0 Å². The van der Waals surface area contributed by atoms with E-state index in [0.29, 0.717) is 54.5 Å². The van der Waals surface area contributed by atoms with E-state index in [-0.39, 0.29) is 23.2 Å². The minimum absolute atomic E-state index is 0.0816. The maximum absolute atomic E-state index is 11.9. The number of halogens is 1. The van der Waals surface area contributed by atoms with Crippen molar-refractivity contribution in [1.29, 1.82) is 10.5 Å². The molecule has 2 atom stereocenters. The van der Waals surface area contributed by atoms with Gasteiger partial charge in [-0.15, -0.1) is 5.10 Å². The van der Waals surface area contributed by atoms with Crippen molar-refractivity contribution < 1.29 is 19.4 Å². The van der Waals surface area contributed by atoms with Crippen molar-refractivity contribution in [2.24, 2.45) is 0 Å². The SMILES string of the molecule is CCN(Cc1ccc(OC)cc1)c1nc(Nc2cc(C#N)cc(NC3CCN(C(=O)OC)CC3O)c2Cl)nn2c(C#N)cnc12. The minimum atomic E-state index is -0.902. The lowest BCUT2D eigenvalue weighted by molar-refractivity contribution is 0.0504. The molecule has 1 aliphatic heterocycles. The summed E-state index contributed by atoms with van der Waals surface area (Å²) in [5.41, 5.74) is 2.66. The summed E-state index contributed by atoms with van der Waals surface area (Å²) in [7, 11) is 2.90. The van der Waals surface area contributed by atoms with Crippen LogP contribution < -0.4 is 20.3 Å². The number of rotatable bonds is 9. The maximum atomic E-state index is 11.9. The summed E-state index contributed by atoms with van der Waals surface area (Å²) in [4.78, 5) is 24.5. The smallest absolute Gasteiger partial charge is 0.409 e. The number of nitrogens with zero attached hydrogens (tertiary/aromatic N) is 8. The monoisotopic (exact) mass is 630 g/mol. The number of aliphatic hydroxyl groups is 1. The molecule has 1 aliphatic rings. The van der Waals surface area contributed by atoms with Crippen molar-refractivity contribution in [2.75, 3.05) is 49.4 Å². The molecule has 15 heteroatoms. The number of aliphatic hydroxyl groups excluding tert-OH is 1. The number of methoxy groups -OCH3 is 2. The van der Waals surface area contributed by atoms with E-state index in [1.54, 1.807) is 19.2 Å². The Labute approximate surface area is 264 Å². The van der Waals surface area contributed by atoms with Crippen molar-refractivity contribution in [1.82, 2.24) is 24.5 Å². The highest BCUT2D eigenvalue weighted by molar-refractivity contribution is 6.36. The van der Waals surface area contributed by atoms with Crippen LogP contribution in [0.1, 0.15) is 30.2 Å². The molecule has 0 saturated carbocycles. The van der Waals surface area contributed by atoms with Gasteiger partial charge in [0.1, 0.15) is 11.8 Å². The number of fused-ring (bicyclic) bond motifs is 1. The van der Waals surface area contributed by atoms with Gasteiger partial charge in [0.25, 0.3) is 0 Å². The summed E-state index contributed by atoms with van der Waals surface area (Å²) in [5.74, 6) is 1.35. The van der Waals surface area contributed by atoms with Crippen LogP contribution in [-0.4, -0.2) is 81.7 Å². The predicted octanol–water partition coefficient (Wildman–Crippen LogP) is 3.91. The second-order valence-electron chi connectivity index (χ2n) is 10.3. The van der Waals surface area contributed by atoms with E-state index in [0.717, 1.165) is 11.3 Å². The standard InChI is InChI=1S/C30H31ClN10O4/c1-4-39(16-18-5-7-21(44-2)8-6-18)28-27-34-15-20(14-33)41(27)38-29(37-28)36-24-12-19(13-32)11-23(26(24)31)35-22-9-10-40(17-25(22)42)30(43)45-3/h5-8,11-12,15,22,25,35,42H,4,9-10,16-17H2,1-3H3,(H,36,38). The van der Waals surface area contributed by atoms with Crippen LogP contribution in [0.25, 0.3) is 5.65 Å². The van der Waals surface area contributed by atoms with Gasteiger partial charge in [0, 0.05) is 19.6 Å². The van der Waals surface area contributed by atoms with Gasteiger partial charge >= 0.3 is 6.09 Å². The van der Waals surface area contributed by atoms with Gasteiger partial charge in [-0.3, -0.25) is 0 Å². The Kier molecular flexibility index (Phi) is 9.37. The number of hydrogen-bond donors (Lipinski definition) is 3. The largest absolute Gasteiger partial charge is 0.497 e. The van der Waals surface area contributed by atoms with Crippen molar-refractivity contribution in [3.8, 4) is 17.9 Å². The van der Waals surface area contributed by atoms with E-state index in [9.17, 15) is 20.4 Å². The molecule has 0 aliphatic carbocycles. The number of carbonyl (C=O) groups is 1. The molecule has 1 fully saturated rings. The van der Waals surface area contributed by atoms with Gasteiger partial charge in [-0.25, -0.2) is 9.78 Å². The zero-order valence-electron chi connectivity index (χ0n) is 24.9. The third-order valence-corrected chi connectivity index (χ3v) is 7.88. The first kappa shape index (κ1) is 31.1. The summed E-state index contributed by atoms with van der Waals surface area (Å²) < 4.78 is 11.5. The van der Waals surface area contributed by atoms with Crippen LogP contribution in [0, 0.1) is 22.7 Å². The van der Waals surface area contributed by atoms with Crippen LogP contribution in [-0.2, 0) is 11.3 Å². The van der Waals surface area contributed by atoms with Gasteiger partial charge in [-0.05, 0) is 43.2 Å². The number of hydrogen-bond acceptors (Lipinski definition) is 12. The molecule has 232 valence electrons. The molecule has 2 aromatic heterocycles. The summed E-state index contributed by atoms with van der Waals surface area (Å²) in [6.07, 6.45) is 0.442. The second kappa shape index (κ2) is 13.5. The number of amides is 1. The molecule has 3 N–H and O–H groups in total. The van der Waals surface area contributed by atoms with Crippen LogP contribution in [0.4, 0.5) is 27.9 Å². The quantitative estimate of drug-likeness (QED) is 0.243. The number of imidazole rings is 1.